The highest BCUT2D eigenvalue weighted by Crippen LogP contribution is 2.37. The first-order chi connectivity index (χ1) is 13.0. The standard InChI is InChI=1S/C20H25N5O2/c1-12(2)22-19(23-13(3)21)17-11-25-8-9-26-18-10-15(27-14-4-5-14)6-7-16(18)20(25)24-17/h6-7,10-12,14H,4-5,8-9H2,1-3H3,(H2,21,22,23). The van der Waals surface area contributed by atoms with Crippen molar-refractivity contribution in [1.82, 2.24) is 9.55 Å². The Morgan fingerprint density at radius 2 is 2.19 bits per heavy atom. The minimum Gasteiger partial charge on any atom is -0.491 e. The van der Waals surface area contributed by atoms with Crippen molar-refractivity contribution in [3.05, 3.63) is 30.1 Å². The zero-order valence-corrected chi connectivity index (χ0v) is 16.0. The first-order valence-corrected chi connectivity index (χ1v) is 9.39. The van der Waals surface area contributed by atoms with Gasteiger partial charge in [-0.05, 0) is 45.7 Å². The van der Waals surface area contributed by atoms with E-state index < -0.39 is 0 Å². The van der Waals surface area contributed by atoms with E-state index in [1.54, 1.807) is 6.92 Å². The van der Waals surface area contributed by atoms with Crippen LogP contribution in [0.25, 0.3) is 11.4 Å². The van der Waals surface area contributed by atoms with E-state index in [-0.39, 0.29) is 6.04 Å². The van der Waals surface area contributed by atoms with Gasteiger partial charge in [-0.15, -0.1) is 0 Å². The molecule has 1 saturated carbocycles. The molecule has 27 heavy (non-hydrogen) atoms. The Balaban J connectivity index is 1.73. The highest BCUT2D eigenvalue weighted by Gasteiger charge is 2.25. The summed E-state index contributed by atoms with van der Waals surface area (Å²) < 4.78 is 13.9. The summed E-state index contributed by atoms with van der Waals surface area (Å²) >= 11 is 0. The van der Waals surface area contributed by atoms with E-state index in [1.807, 2.05) is 38.2 Å². The third-order valence-electron chi connectivity index (χ3n) is 4.28. The molecule has 0 atom stereocenters. The van der Waals surface area contributed by atoms with Crippen LogP contribution in [0.2, 0.25) is 0 Å². The summed E-state index contributed by atoms with van der Waals surface area (Å²) in [6.07, 6.45) is 4.58. The molecule has 0 amide bonds. The molecule has 1 aromatic heterocycles. The van der Waals surface area contributed by atoms with E-state index in [4.69, 9.17) is 20.2 Å². The van der Waals surface area contributed by atoms with Gasteiger partial charge in [0.25, 0.3) is 0 Å². The predicted octanol–water partition coefficient (Wildman–Crippen LogP) is 3.02. The van der Waals surface area contributed by atoms with Gasteiger partial charge in [0, 0.05) is 18.3 Å². The molecule has 0 unspecified atom stereocenters. The summed E-state index contributed by atoms with van der Waals surface area (Å²) in [5, 5.41) is 0. The quantitative estimate of drug-likeness (QED) is 0.665. The van der Waals surface area contributed by atoms with Gasteiger partial charge in [0.15, 0.2) is 5.84 Å². The molecule has 2 heterocycles. The maximum atomic E-state index is 5.94. The van der Waals surface area contributed by atoms with Crippen LogP contribution in [0.5, 0.6) is 11.5 Å². The van der Waals surface area contributed by atoms with Crippen LogP contribution < -0.4 is 15.2 Å². The van der Waals surface area contributed by atoms with Crippen LogP contribution in [-0.4, -0.2) is 40.0 Å². The zero-order chi connectivity index (χ0) is 19.0. The number of aromatic nitrogens is 2. The van der Waals surface area contributed by atoms with Gasteiger partial charge in [0.05, 0.1) is 24.0 Å². The molecule has 142 valence electrons. The van der Waals surface area contributed by atoms with Gasteiger partial charge in [-0.3, -0.25) is 4.99 Å². The lowest BCUT2D eigenvalue weighted by atomic mass is 10.2. The molecule has 4 rings (SSSR count). The lowest BCUT2D eigenvalue weighted by Gasteiger charge is -2.10. The molecule has 7 heteroatoms. The lowest BCUT2D eigenvalue weighted by molar-refractivity contribution is 0.290. The highest BCUT2D eigenvalue weighted by atomic mass is 16.5. The van der Waals surface area contributed by atoms with Gasteiger partial charge in [0.2, 0.25) is 0 Å². The summed E-state index contributed by atoms with van der Waals surface area (Å²) in [4.78, 5) is 13.8. The second-order valence-electron chi connectivity index (χ2n) is 7.27. The van der Waals surface area contributed by atoms with Gasteiger partial charge < -0.3 is 19.8 Å². The Labute approximate surface area is 158 Å². The average Bonchev–Trinajstić information content (AvgIpc) is 3.34. The van der Waals surface area contributed by atoms with E-state index in [0.29, 0.717) is 30.9 Å². The summed E-state index contributed by atoms with van der Waals surface area (Å²) in [6.45, 7) is 7.04. The van der Waals surface area contributed by atoms with Crippen LogP contribution in [0.1, 0.15) is 39.3 Å². The molecule has 1 aliphatic carbocycles. The fourth-order valence-electron chi connectivity index (χ4n) is 2.99. The number of hydrogen-bond donors (Lipinski definition) is 1. The van der Waals surface area contributed by atoms with Crippen molar-refractivity contribution in [2.24, 2.45) is 15.7 Å². The largest absolute Gasteiger partial charge is 0.491 e. The van der Waals surface area contributed by atoms with Gasteiger partial charge in [0.1, 0.15) is 29.6 Å². The number of nitrogens with zero attached hydrogens (tertiary/aromatic N) is 4. The van der Waals surface area contributed by atoms with Crippen molar-refractivity contribution in [2.75, 3.05) is 6.61 Å². The Bertz CT molecular complexity index is 905. The summed E-state index contributed by atoms with van der Waals surface area (Å²) in [7, 11) is 0. The third-order valence-corrected chi connectivity index (χ3v) is 4.28. The summed E-state index contributed by atoms with van der Waals surface area (Å²) in [6, 6.07) is 6.05. The fourth-order valence-corrected chi connectivity index (χ4v) is 2.99. The average molecular weight is 367 g/mol. The van der Waals surface area contributed by atoms with Crippen LogP contribution in [-0.2, 0) is 6.54 Å². The number of benzene rings is 1. The molecule has 2 aliphatic rings. The number of fused-ring (bicyclic) bond motifs is 3. The number of amidine groups is 2. The topological polar surface area (TPSA) is 87.0 Å². The lowest BCUT2D eigenvalue weighted by Crippen LogP contribution is -2.12. The molecule has 7 nitrogen and oxygen atoms in total. The second-order valence-corrected chi connectivity index (χ2v) is 7.27. The van der Waals surface area contributed by atoms with Crippen LogP contribution >= 0.6 is 0 Å². The maximum absolute atomic E-state index is 5.94. The molecular formula is C20H25N5O2. The van der Waals surface area contributed by atoms with Crippen molar-refractivity contribution in [1.29, 1.82) is 0 Å². The first-order valence-electron chi connectivity index (χ1n) is 9.39. The third kappa shape index (κ3) is 3.97. The monoisotopic (exact) mass is 367 g/mol. The van der Waals surface area contributed by atoms with E-state index in [2.05, 4.69) is 14.6 Å². The molecule has 0 spiro atoms. The van der Waals surface area contributed by atoms with Crippen molar-refractivity contribution in [3.63, 3.8) is 0 Å². The molecule has 0 radical (unpaired) electrons. The number of nitrogens with two attached hydrogens (primary N) is 1. The molecule has 1 fully saturated rings. The Morgan fingerprint density at radius 1 is 1.37 bits per heavy atom. The molecule has 1 aliphatic heterocycles. The normalized spacial score (nSPS) is 17.2. The van der Waals surface area contributed by atoms with Crippen molar-refractivity contribution in [3.8, 4) is 22.9 Å². The molecular weight excluding hydrogens is 342 g/mol. The minimum absolute atomic E-state index is 0.0994. The van der Waals surface area contributed by atoms with E-state index in [0.717, 1.165) is 41.4 Å². The van der Waals surface area contributed by atoms with Gasteiger partial charge in [-0.1, -0.05) is 0 Å². The van der Waals surface area contributed by atoms with Gasteiger partial charge in [-0.25, -0.2) is 9.98 Å². The predicted molar refractivity (Wildman–Crippen MR) is 106 cm³/mol. The molecule has 2 aromatic rings. The summed E-state index contributed by atoms with van der Waals surface area (Å²) in [5.41, 5.74) is 7.45. The van der Waals surface area contributed by atoms with E-state index >= 15 is 0 Å². The SMILES string of the molecule is CC(N)=NC(=NC(C)C)c1cn2c(n1)-c1ccc(OC3CC3)cc1OCC2. The minimum atomic E-state index is 0.0994. The van der Waals surface area contributed by atoms with E-state index in [9.17, 15) is 0 Å². The number of hydrogen-bond acceptors (Lipinski definition) is 4. The molecule has 1 aromatic carbocycles. The molecule has 0 bridgehead atoms. The molecule has 2 N–H and O–H groups in total. The van der Waals surface area contributed by atoms with Gasteiger partial charge in [-0.2, -0.15) is 0 Å². The zero-order valence-electron chi connectivity index (χ0n) is 16.0. The number of aliphatic imine (C=N–C) groups is 2. The van der Waals surface area contributed by atoms with Crippen molar-refractivity contribution in [2.45, 2.75) is 52.3 Å². The Hall–Kier alpha value is -2.83. The second kappa shape index (κ2) is 7.06. The maximum Gasteiger partial charge on any atom is 0.177 e. The van der Waals surface area contributed by atoms with Crippen molar-refractivity contribution >= 4 is 11.7 Å². The molecule has 0 saturated heterocycles. The number of ether oxygens (including phenoxy) is 2. The smallest absolute Gasteiger partial charge is 0.177 e. The van der Waals surface area contributed by atoms with Gasteiger partial charge >= 0.3 is 0 Å². The first kappa shape index (κ1) is 17.6. The van der Waals surface area contributed by atoms with Crippen LogP contribution in [0.15, 0.2) is 34.4 Å². The van der Waals surface area contributed by atoms with Crippen LogP contribution in [0.4, 0.5) is 0 Å². The number of imidazole rings is 1. The highest BCUT2D eigenvalue weighted by molar-refractivity contribution is 6.04. The number of rotatable bonds is 4. The summed E-state index contributed by atoms with van der Waals surface area (Å²) in [5.74, 6) is 3.51. The Kier molecular flexibility index (Phi) is 4.59. The van der Waals surface area contributed by atoms with Crippen LogP contribution in [0.3, 0.4) is 0 Å². The van der Waals surface area contributed by atoms with Crippen molar-refractivity contribution < 1.29 is 9.47 Å². The van der Waals surface area contributed by atoms with Crippen LogP contribution in [0, 0.1) is 0 Å². The fraction of sp³-hybridized carbons (Fsp3) is 0.450. The Morgan fingerprint density at radius 3 is 2.89 bits per heavy atom. The van der Waals surface area contributed by atoms with E-state index in [1.165, 1.54) is 0 Å².